The second kappa shape index (κ2) is 6.57. The summed E-state index contributed by atoms with van der Waals surface area (Å²) in [4.78, 5) is 1.13. The van der Waals surface area contributed by atoms with Crippen molar-refractivity contribution in [2.45, 2.75) is 57.7 Å². The van der Waals surface area contributed by atoms with E-state index in [1.54, 1.807) is 11.3 Å². The van der Waals surface area contributed by atoms with Gasteiger partial charge in [-0.25, -0.2) is 0 Å². The molecule has 1 aliphatic rings. The minimum atomic E-state index is -0.435. The lowest BCUT2D eigenvalue weighted by molar-refractivity contribution is -0.143. The molecule has 1 heterocycles. The molecule has 4 heteroatoms. The van der Waals surface area contributed by atoms with Gasteiger partial charge in [-0.15, -0.1) is 11.3 Å². The van der Waals surface area contributed by atoms with Gasteiger partial charge in [-0.1, -0.05) is 18.5 Å². The normalized spacial score (nSPS) is 29.4. The summed E-state index contributed by atoms with van der Waals surface area (Å²) in [5, 5.41) is 10.6. The molecule has 0 aromatic carbocycles. The van der Waals surface area contributed by atoms with Gasteiger partial charge in [-0.2, -0.15) is 0 Å². The summed E-state index contributed by atoms with van der Waals surface area (Å²) in [6.45, 7) is 4.95. The van der Waals surface area contributed by atoms with E-state index in [0.29, 0.717) is 13.0 Å². The van der Waals surface area contributed by atoms with Crippen molar-refractivity contribution in [1.82, 2.24) is 0 Å². The van der Waals surface area contributed by atoms with Crippen LogP contribution in [0.1, 0.15) is 44.4 Å². The van der Waals surface area contributed by atoms with Gasteiger partial charge in [-0.05, 0) is 50.7 Å². The molecule has 1 aromatic rings. The highest BCUT2D eigenvalue weighted by Crippen LogP contribution is 2.39. The fourth-order valence-corrected chi connectivity index (χ4v) is 4.07. The van der Waals surface area contributed by atoms with E-state index < -0.39 is 6.10 Å². The molecule has 1 saturated carbocycles. The number of thiophene rings is 1. The fourth-order valence-electron chi connectivity index (χ4n) is 2.95. The van der Waals surface area contributed by atoms with Crippen LogP contribution in [0.4, 0.5) is 0 Å². The molecule has 0 amide bonds. The van der Waals surface area contributed by atoms with Crippen LogP contribution < -0.4 is 0 Å². The summed E-state index contributed by atoms with van der Waals surface area (Å²) in [5.41, 5.74) is -0.349. The Bertz CT molecular complexity index is 397. The molecule has 1 unspecified atom stereocenters. The van der Waals surface area contributed by atoms with Crippen LogP contribution in [0, 0.1) is 5.92 Å². The summed E-state index contributed by atoms with van der Waals surface area (Å²) in [7, 11) is 0. The molecule has 0 saturated heterocycles. The molecular weight excluding hydrogens is 280 g/mol. The van der Waals surface area contributed by atoms with Gasteiger partial charge in [0.05, 0.1) is 16.0 Å². The van der Waals surface area contributed by atoms with E-state index in [-0.39, 0.29) is 5.60 Å². The quantitative estimate of drug-likeness (QED) is 0.879. The van der Waals surface area contributed by atoms with Crippen molar-refractivity contribution >= 4 is 22.9 Å². The van der Waals surface area contributed by atoms with Gasteiger partial charge in [0.25, 0.3) is 0 Å². The van der Waals surface area contributed by atoms with E-state index in [1.165, 1.54) is 0 Å². The molecule has 0 bridgehead atoms. The SMILES string of the molecule is CCOC1(C(O)Cc2ccc(Cl)s2)CCC(C)CC1. The molecule has 1 aliphatic carbocycles. The van der Waals surface area contributed by atoms with Crippen molar-refractivity contribution in [3.8, 4) is 0 Å². The molecule has 1 N–H and O–H groups in total. The number of ether oxygens (including phenoxy) is 1. The lowest BCUT2D eigenvalue weighted by atomic mass is 9.75. The first-order valence-corrected chi connectivity index (χ1v) is 8.31. The fraction of sp³-hybridized carbons (Fsp3) is 0.733. The molecule has 19 heavy (non-hydrogen) atoms. The van der Waals surface area contributed by atoms with E-state index in [1.807, 2.05) is 19.1 Å². The molecule has 0 spiro atoms. The van der Waals surface area contributed by atoms with Gasteiger partial charge in [0.15, 0.2) is 0 Å². The third-order valence-electron chi connectivity index (χ3n) is 4.18. The van der Waals surface area contributed by atoms with Gasteiger partial charge >= 0.3 is 0 Å². The summed E-state index contributed by atoms with van der Waals surface area (Å²) < 4.78 is 6.76. The Labute approximate surface area is 124 Å². The van der Waals surface area contributed by atoms with Crippen molar-refractivity contribution in [1.29, 1.82) is 0 Å². The van der Waals surface area contributed by atoms with Crippen LogP contribution in [-0.4, -0.2) is 23.4 Å². The zero-order valence-corrected chi connectivity index (χ0v) is 13.3. The van der Waals surface area contributed by atoms with Crippen molar-refractivity contribution in [2.24, 2.45) is 5.92 Å². The third kappa shape index (κ3) is 3.72. The minimum Gasteiger partial charge on any atom is -0.390 e. The van der Waals surface area contributed by atoms with Crippen LogP contribution in [0.15, 0.2) is 12.1 Å². The summed E-state index contributed by atoms with van der Waals surface area (Å²) in [5.74, 6) is 0.747. The average molecular weight is 303 g/mol. The van der Waals surface area contributed by atoms with Crippen LogP contribution in [0.25, 0.3) is 0 Å². The number of halogens is 1. The molecule has 1 atom stereocenters. The van der Waals surface area contributed by atoms with Crippen LogP contribution in [0.5, 0.6) is 0 Å². The molecule has 2 rings (SSSR count). The van der Waals surface area contributed by atoms with Crippen molar-refractivity contribution < 1.29 is 9.84 Å². The highest BCUT2D eigenvalue weighted by Gasteiger charge is 2.41. The van der Waals surface area contributed by atoms with Crippen LogP contribution >= 0.6 is 22.9 Å². The highest BCUT2D eigenvalue weighted by atomic mass is 35.5. The summed E-state index contributed by atoms with van der Waals surface area (Å²) >= 11 is 7.50. The summed E-state index contributed by atoms with van der Waals surface area (Å²) in [6, 6.07) is 3.89. The monoisotopic (exact) mass is 302 g/mol. The predicted molar refractivity (Wildman–Crippen MR) is 81.0 cm³/mol. The molecular formula is C15H23ClO2S. The lowest BCUT2D eigenvalue weighted by Crippen LogP contribution is -2.48. The minimum absolute atomic E-state index is 0.349. The van der Waals surface area contributed by atoms with Gasteiger partial charge in [0.1, 0.15) is 0 Å². The molecule has 2 nitrogen and oxygen atoms in total. The van der Waals surface area contributed by atoms with E-state index in [0.717, 1.165) is 40.8 Å². The Morgan fingerprint density at radius 2 is 2.16 bits per heavy atom. The largest absolute Gasteiger partial charge is 0.390 e. The Balaban J connectivity index is 2.05. The van der Waals surface area contributed by atoms with Crippen LogP contribution in [0.3, 0.4) is 0 Å². The van der Waals surface area contributed by atoms with Crippen LogP contribution in [0.2, 0.25) is 4.34 Å². The van der Waals surface area contributed by atoms with Crippen molar-refractivity contribution in [3.63, 3.8) is 0 Å². The van der Waals surface area contributed by atoms with E-state index in [9.17, 15) is 5.11 Å². The lowest BCUT2D eigenvalue weighted by Gasteiger charge is -2.42. The maximum absolute atomic E-state index is 10.6. The molecule has 1 aromatic heterocycles. The number of hydrogen-bond donors (Lipinski definition) is 1. The van der Waals surface area contributed by atoms with E-state index in [2.05, 4.69) is 6.92 Å². The van der Waals surface area contributed by atoms with Gasteiger partial charge in [0, 0.05) is 17.9 Å². The average Bonchev–Trinajstić information content (AvgIpc) is 2.78. The van der Waals surface area contributed by atoms with Gasteiger partial charge in [-0.3, -0.25) is 0 Å². The Kier molecular flexibility index (Phi) is 5.29. The van der Waals surface area contributed by atoms with E-state index in [4.69, 9.17) is 16.3 Å². The first kappa shape index (κ1) is 15.3. The molecule has 0 radical (unpaired) electrons. The third-order valence-corrected chi connectivity index (χ3v) is 5.44. The second-order valence-corrected chi connectivity index (χ2v) is 7.41. The topological polar surface area (TPSA) is 29.5 Å². The number of aliphatic hydroxyl groups excluding tert-OH is 1. The first-order chi connectivity index (χ1) is 9.05. The van der Waals surface area contributed by atoms with Gasteiger partial charge < -0.3 is 9.84 Å². The molecule has 0 aliphatic heterocycles. The second-order valence-electron chi connectivity index (χ2n) is 5.61. The van der Waals surface area contributed by atoms with E-state index >= 15 is 0 Å². The van der Waals surface area contributed by atoms with Crippen molar-refractivity contribution in [3.05, 3.63) is 21.3 Å². The highest BCUT2D eigenvalue weighted by molar-refractivity contribution is 7.16. The zero-order valence-electron chi connectivity index (χ0n) is 11.7. The Hall–Kier alpha value is -0.0900. The van der Waals surface area contributed by atoms with Gasteiger partial charge in [0.2, 0.25) is 0 Å². The number of aliphatic hydroxyl groups is 1. The standard InChI is InChI=1S/C15H23ClO2S/c1-3-18-15(8-6-11(2)7-9-15)13(17)10-12-4-5-14(16)19-12/h4-5,11,13,17H,3,6-10H2,1-2H3. The maximum atomic E-state index is 10.6. The zero-order chi connectivity index (χ0) is 13.9. The first-order valence-electron chi connectivity index (χ1n) is 7.12. The summed E-state index contributed by atoms with van der Waals surface area (Å²) in [6.07, 6.45) is 4.41. The molecule has 1 fully saturated rings. The molecule has 108 valence electrons. The number of rotatable bonds is 5. The smallest absolute Gasteiger partial charge is 0.0943 e. The maximum Gasteiger partial charge on any atom is 0.0943 e. The number of hydrogen-bond acceptors (Lipinski definition) is 3. The van der Waals surface area contributed by atoms with Crippen LogP contribution in [-0.2, 0) is 11.2 Å². The Morgan fingerprint density at radius 1 is 1.47 bits per heavy atom. The predicted octanol–water partition coefficient (Wildman–Crippen LogP) is 4.29. The Morgan fingerprint density at radius 3 is 2.68 bits per heavy atom. The van der Waals surface area contributed by atoms with Crippen molar-refractivity contribution in [2.75, 3.05) is 6.61 Å².